The van der Waals surface area contributed by atoms with Crippen LogP contribution in [0.25, 0.3) is 0 Å². The van der Waals surface area contributed by atoms with E-state index in [2.05, 4.69) is 41.5 Å². The minimum absolute atomic E-state index is 0.106. The van der Waals surface area contributed by atoms with Gasteiger partial charge in [0.2, 0.25) is 0 Å². The summed E-state index contributed by atoms with van der Waals surface area (Å²) in [5, 5.41) is 10.6. The van der Waals surface area contributed by atoms with E-state index in [1.54, 1.807) is 0 Å². The molecule has 17 nitrogen and oxygen atoms in total. The molecule has 6 atom stereocenters. The van der Waals surface area contributed by atoms with E-state index in [-0.39, 0.29) is 25.7 Å². The van der Waals surface area contributed by atoms with Gasteiger partial charge in [0.25, 0.3) is 0 Å². The Balaban J connectivity index is 5.26. The zero-order valence-electron chi connectivity index (χ0n) is 65.5. The second kappa shape index (κ2) is 72.6. The van der Waals surface area contributed by atoms with Gasteiger partial charge in [-0.05, 0) is 37.5 Å². The van der Waals surface area contributed by atoms with Crippen molar-refractivity contribution in [1.82, 2.24) is 0 Å². The predicted octanol–water partition coefficient (Wildman–Crippen LogP) is 24.3. The number of rotatable bonds is 80. The highest BCUT2D eigenvalue weighted by molar-refractivity contribution is 7.47. The molecule has 0 bridgehead atoms. The highest BCUT2D eigenvalue weighted by Crippen LogP contribution is 2.45. The third-order valence-corrected chi connectivity index (χ3v) is 21.2. The molecule has 594 valence electrons. The standard InChI is InChI=1S/C81H158O17P2/c1-7-10-12-14-16-18-20-22-24-26-28-30-32-34-39-47-53-59-65-80(85)97-76(69-91-78(83)63-57-51-45-38-33-31-29-27-25-23-21-19-17-15-13-11-8-2)71-95-99(87,88)93-67-75(82)68-94-100(89,90)96-72-77(70-92-79(84)64-58-52-46-42-41-44-50-56-62-74(6)9-3)98-81(86)66-60-54-48-40-36-35-37-43-49-55-61-73(4)5/h73-77,82H,7-72H2,1-6H3,(H,87,88)(H,89,90)/t74?,75-,76-,77-/m1/s1. The fourth-order valence-corrected chi connectivity index (χ4v) is 14.1. The van der Waals surface area contributed by atoms with Crippen LogP contribution in [0.1, 0.15) is 427 Å². The number of carbonyl (C=O) groups excluding carboxylic acids is 4. The molecule has 0 spiro atoms. The van der Waals surface area contributed by atoms with E-state index in [9.17, 15) is 43.2 Å². The van der Waals surface area contributed by atoms with E-state index in [1.165, 1.54) is 244 Å². The van der Waals surface area contributed by atoms with Crippen LogP contribution >= 0.6 is 15.6 Å². The van der Waals surface area contributed by atoms with Gasteiger partial charge in [-0.3, -0.25) is 37.3 Å². The molecule has 0 aliphatic rings. The molecule has 3 N–H and O–H groups in total. The van der Waals surface area contributed by atoms with Gasteiger partial charge in [0, 0.05) is 25.7 Å². The van der Waals surface area contributed by atoms with E-state index >= 15 is 0 Å². The Morgan fingerprint density at radius 3 is 0.760 bits per heavy atom. The molecule has 3 unspecified atom stereocenters. The largest absolute Gasteiger partial charge is 0.472 e. The summed E-state index contributed by atoms with van der Waals surface area (Å²) in [7, 11) is -9.92. The lowest BCUT2D eigenvalue weighted by molar-refractivity contribution is -0.161. The van der Waals surface area contributed by atoms with Crippen LogP contribution in [0.5, 0.6) is 0 Å². The summed E-state index contributed by atoms with van der Waals surface area (Å²) in [4.78, 5) is 73.1. The van der Waals surface area contributed by atoms with Crippen molar-refractivity contribution in [3.05, 3.63) is 0 Å². The number of aliphatic hydroxyl groups is 1. The van der Waals surface area contributed by atoms with Crippen LogP contribution in [-0.2, 0) is 65.4 Å². The second-order valence-corrected chi connectivity index (χ2v) is 32.8. The third-order valence-electron chi connectivity index (χ3n) is 19.3. The van der Waals surface area contributed by atoms with E-state index < -0.39 is 97.5 Å². The van der Waals surface area contributed by atoms with Crippen molar-refractivity contribution in [1.29, 1.82) is 0 Å². The first-order valence-electron chi connectivity index (χ1n) is 42.0. The number of hydrogen-bond acceptors (Lipinski definition) is 15. The first-order chi connectivity index (χ1) is 48.4. The Labute approximate surface area is 613 Å². The van der Waals surface area contributed by atoms with Crippen LogP contribution in [0, 0.1) is 11.8 Å². The molecule has 19 heteroatoms. The lowest BCUT2D eigenvalue weighted by atomic mass is 9.99. The first-order valence-corrected chi connectivity index (χ1v) is 45.0. The summed E-state index contributed by atoms with van der Waals surface area (Å²) in [5.41, 5.74) is 0. The van der Waals surface area contributed by atoms with Gasteiger partial charge in [-0.25, -0.2) is 9.13 Å². The molecule has 0 aliphatic carbocycles. The topological polar surface area (TPSA) is 237 Å². The Morgan fingerprint density at radius 2 is 0.510 bits per heavy atom. The van der Waals surface area contributed by atoms with Gasteiger partial charge in [-0.15, -0.1) is 0 Å². The van der Waals surface area contributed by atoms with Crippen LogP contribution in [0.2, 0.25) is 0 Å². The number of hydrogen-bond donors (Lipinski definition) is 3. The fourth-order valence-electron chi connectivity index (χ4n) is 12.5. The van der Waals surface area contributed by atoms with Gasteiger partial charge < -0.3 is 33.8 Å². The number of ether oxygens (including phenoxy) is 4. The number of unbranched alkanes of at least 4 members (excludes halogenated alkanes) is 49. The molecule has 0 amide bonds. The van der Waals surface area contributed by atoms with Crippen molar-refractivity contribution in [2.75, 3.05) is 39.6 Å². The summed E-state index contributed by atoms with van der Waals surface area (Å²) in [5.74, 6) is -0.579. The zero-order valence-corrected chi connectivity index (χ0v) is 67.3. The average molecular weight is 1470 g/mol. The quantitative estimate of drug-likeness (QED) is 0.0222. The zero-order chi connectivity index (χ0) is 73.5. The molecule has 0 rings (SSSR count). The minimum Gasteiger partial charge on any atom is -0.462 e. The van der Waals surface area contributed by atoms with Crippen LogP contribution < -0.4 is 0 Å². The van der Waals surface area contributed by atoms with E-state index in [1.807, 2.05) is 0 Å². The number of aliphatic hydroxyl groups excluding tert-OH is 1. The number of phosphoric acid groups is 2. The lowest BCUT2D eigenvalue weighted by Gasteiger charge is -2.21. The highest BCUT2D eigenvalue weighted by Gasteiger charge is 2.30. The third kappa shape index (κ3) is 73.0. The Hall–Kier alpha value is -1.94. The van der Waals surface area contributed by atoms with Gasteiger partial charge in [0.15, 0.2) is 12.2 Å². The number of phosphoric ester groups is 2. The molecule has 0 aromatic carbocycles. The molecule has 0 saturated carbocycles. The van der Waals surface area contributed by atoms with Gasteiger partial charge in [0.1, 0.15) is 19.3 Å². The van der Waals surface area contributed by atoms with Crippen LogP contribution in [0.15, 0.2) is 0 Å². The van der Waals surface area contributed by atoms with Gasteiger partial charge in [-0.1, -0.05) is 375 Å². The maximum Gasteiger partial charge on any atom is 0.472 e. The Morgan fingerprint density at radius 1 is 0.290 bits per heavy atom. The average Bonchev–Trinajstić information content (AvgIpc) is 0.936. The SMILES string of the molecule is CCCCCCCCCCCCCCCCCCCCC(=O)O[C@H](COC(=O)CCCCCCCCCCCCCCCCCCC)COP(=O)(O)OC[C@@H](O)COP(=O)(O)OC[C@@H](COC(=O)CCCCCCCCCCC(C)CC)OC(=O)CCCCCCCCCCCCC(C)C. The van der Waals surface area contributed by atoms with Crippen LogP contribution in [0.3, 0.4) is 0 Å². The van der Waals surface area contributed by atoms with Crippen molar-refractivity contribution in [3.63, 3.8) is 0 Å². The molecule has 0 radical (unpaired) electrons. The lowest BCUT2D eigenvalue weighted by Crippen LogP contribution is -2.30. The molecular weight excluding hydrogens is 1310 g/mol. The van der Waals surface area contributed by atoms with Crippen molar-refractivity contribution in [2.45, 2.75) is 445 Å². The molecule has 0 aromatic rings. The molecule has 100 heavy (non-hydrogen) atoms. The van der Waals surface area contributed by atoms with Crippen LogP contribution in [-0.4, -0.2) is 96.7 Å². The monoisotopic (exact) mass is 1470 g/mol. The van der Waals surface area contributed by atoms with E-state index in [0.29, 0.717) is 25.7 Å². The van der Waals surface area contributed by atoms with Gasteiger partial charge >= 0.3 is 39.5 Å². The summed E-state index contributed by atoms with van der Waals surface area (Å²) in [6.45, 7) is 9.63. The predicted molar refractivity (Wildman–Crippen MR) is 409 cm³/mol. The smallest absolute Gasteiger partial charge is 0.462 e. The van der Waals surface area contributed by atoms with Gasteiger partial charge in [0.05, 0.1) is 26.4 Å². The van der Waals surface area contributed by atoms with Crippen molar-refractivity contribution in [2.24, 2.45) is 11.8 Å². The molecule has 0 aromatic heterocycles. The fraction of sp³-hybridized carbons (Fsp3) is 0.951. The molecule has 0 saturated heterocycles. The van der Waals surface area contributed by atoms with Gasteiger partial charge in [-0.2, -0.15) is 0 Å². The number of carbonyl (C=O) groups is 4. The summed E-state index contributed by atoms with van der Waals surface area (Å²) in [6, 6.07) is 0. The second-order valence-electron chi connectivity index (χ2n) is 29.9. The van der Waals surface area contributed by atoms with E-state index in [4.69, 9.17) is 37.0 Å². The molecule has 0 heterocycles. The summed E-state index contributed by atoms with van der Waals surface area (Å²) < 4.78 is 68.7. The maximum absolute atomic E-state index is 13.1. The van der Waals surface area contributed by atoms with Crippen molar-refractivity contribution in [3.8, 4) is 0 Å². The minimum atomic E-state index is -4.96. The summed E-state index contributed by atoms with van der Waals surface area (Å²) in [6.07, 6.45) is 62.4. The van der Waals surface area contributed by atoms with E-state index in [0.717, 1.165) is 102 Å². The molecule has 0 fully saturated rings. The summed E-state index contributed by atoms with van der Waals surface area (Å²) >= 11 is 0. The maximum atomic E-state index is 13.1. The van der Waals surface area contributed by atoms with Crippen molar-refractivity contribution >= 4 is 39.5 Å². The molecular formula is C81H158O17P2. The van der Waals surface area contributed by atoms with Crippen molar-refractivity contribution < 1.29 is 80.2 Å². The Bertz CT molecular complexity index is 1930. The highest BCUT2D eigenvalue weighted by atomic mass is 31.2. The number of esters is 4. The molecule has 0 aliphatic heterocycles. The first kappa shape index (κ1) is 98.1. The normalized spacial score (nSPS) is 14.2. The Kier molecular flexibility index (Phi) is 71.2. The van der Waals surface area contributed by atoms with Crippen LogP contribution in [0.4, 0.5) is 0 Å².